The van der Waals surface area contributed by atoms with Crippen LogP contribution in [0, 0.1) is 0 Å². The van der Waals surface area contributed by atoms with E-state index in [1.165, 1.54) is 11.0 Å². The van der Waals surface area contributed by atoms with Gasteiger partial charge in [0, 0.05) is 0 Å². The molecule has 0 aliphatic carbocycles. The third kappa shape index (κ3) is 3.43. The number of hydrogen-bond donors (Lipinski definition) is 2. The van der Waals surface area contributed by atoms with Crippen molar-refractivity contribution in [2.45, 2.75) is 6.92 Å². The van der Waals surface area contributed by atoms with E-state index in [4.69, 9.17) is 0 Å². The summed E-state index contributed by atoms with van der Waals surface area (Å²) in [6.45, 7) is 1.78. The van der Waals surface area contributed by atoms with Crippen molar-refractivity contribution in [2.24, 2.45) is 5.10 Å². The van der Waals surface area contributed by atoms with Gasteiger partial charge in [0.15, 0.2) is 0 Å². The number of benzene rings is 3. The lowest BCUT2D eigenvalue weighted by Crippen LogP contribution is -2.19. The minimum absolute atomic E-state index is 0.0928. The molecule has 0 saturated heterocycles. The topological polar surface area (TPSA) is 105 Å². The van der Waals surface area contributed by atoms with Gasteiger partial charge in [0.2, 0.25) is 0 Å². The smallest absolute Gasteiger partial charge is 0.275 e. The Balaban J connectivity index is 1.56. The van der Waals surface area contributed by atoms with E-state index in [9.17, 15) is 9.90 Å². The van der Waals surface area contributed by atoms with E-state index in [1.807, 2.05) is 48.5 Å². The summed E-state index contributed by atoms with van der Waals surface area (Å²) in [5.41, 5.74) is 4.84. The molecular weight excluding hydrogens is 356 g/mol. The molecule has 0 bridgehead atoms. The lowest BCUT2D eigenvalue weighted by atomic mass is 10.1. The molecule has 8 heteroatoms. The van der Waals surface area contributed by atoms with E-state index in [-0.39, 0.29) is 11.3 Å². The second-order valence-electron chi connectivity index (χ2n) is 6.16. The van der Waals surface area contributed by atoms with Crippen LogP contribution in [0.1, 0.15) is 22.8 Å². The predicted octanol–water partition coefficient (Wildman–Crippen LogP) is 2.68. The zero-order valence-corrected chi connectivity index (χ0v) is 14.9. The molecule has 1 aromatic heterocycles. The van der Waals surface area contributed by atoms with Gasteiger partial charge in [-0.05, 0) is 58.0 Å². The van der Waals surface area contributed by atoms with Crippen molar-refractivity contribution < 1.29 is 9.90 Å². The molecule has 4 rings (SSSR count). The number of rotatable bonds is 4. The maximum absolute atomic E-state index is 12.5. The van der Waals surface area contributed by atoms with Gasteiger partial charge in [0.05, 0.1) is 17.0 Å². The SMILES string of the molecule is C/C(=N/NC(=O)c1cc2ccccc2cc1O)c1cccc(-n2cnnn2)c1. The molecule has 4 aromatic rings. The van der Waals surface area contributed by atoms with Gasteiger partial charge < -0.3 is 5.11 Å². The number of nitrogens with zero attached hydrogens (tertiary/aromatic N) is 5. The third-order valence-corrected chi connectivity index (χ3v) is 4.31. The summed E-state index contributed by atoms with van der Waals surface area (Å²) in [6, 6.07) is 18.1. The van der Waals surface area contributed by atoms with Crippen LogP contribution in [0.25, 0.3) is 16.5 Å². The Labute approximate surface area is 160 Å². The fourth-order valence-electron chi connectivity index (χ4n) is 2.82. The first kappa shape index (κ1) is 17.3. The molecule has 138 valence electrons. The Morgan fingerprint density at radius 3 is 2.61 bits per heavy atom. The molecule has 1 amide bonds. The Kier molecular flexibility index (Phi) is 4.51. The van der Waals surface area contributed by atoms with Crippen LogP contribution in [-0.4, -0.2) is 36.9 Å². The van der Waals surface area contributed by atoms with E-state index in [1.54, 1.807) is 19.1 Å². The van der Waals surface area contributed by atoms with Gasteiger partial charge in [-0.25, -0.2) is 10.1 Å². The summed E-state index contributed by atoms with van der Waals surface area (Å²) in [5.74, 6) is -0.580. The Morgan fingerprint density at radius 2 is 1.86 bits per heavy atom. The van der Waals surface area contributed by atoms with Crippen LogP contribution in [0.3, 0.4) is 0 Å². The lowest BCUT2D eigenvalue weighted by Gasteiger charge is -2.07. The standard InChI is InChI=1S/C20H16N6O2/c1-13(14-7-4-8-17(9-14)26-12-21-24-25-26)22-23-20(28)18-10-15-5-2-3-6-16(15)11-19(18)27/h2-12,27H,1H3,(H,23,28)/b22-13-. The van der Waals surface area contributed by atoms with Crippen molar-refractivity contribution >= 4 is 22.4 Å². The van der Waals surface area contributed by atoms with Crippen molar-refractivity contribution in [1.29, 1.82) is 0 Å². The normalized spacial score (nSPS) is 11.5. The number of aromatic nitrogens is 4. The van der Waals surface area contributed by atoms with Crippen molar-refractivity contribution in [3.8, 4) is 11.4 Å². The van der Waals surface area contributed by atoms with E-state index in [0.29, 0.717) is 5.71 Å². The van der Waals surface area contributed by atoms with Crippen molar-refractivity contribution in [3.05, 3.63) is 78.1 Å². The largest absolute Gasteiger partial charge is 0.507 e. The molecule has 0 saturated carbocycles. The lowest BCUT2D eigenvalue weighted by molar-refractivity contribution is 0.0952. The maximum Gasteiger partial charge on any atom is 0.275 e. The molecule has 1 heterocycles. The molecule has 28 heavy (non-hydrogen) atoms. The van der Waals surface area contributed by atoms with Crippen molar-refractivity contribution in [2.75, 3.05) is 0 Å². The number of tetrazole rings is 1. The summed E-state index contributed by atoms with van der Waals surface area (Å²) in [6.07, 6.45) is 1.50. The number of hydrogen-bond acceptors (Lipinski definition) is 6. The summed E-state index contributed by atoms with van der Waals surface area (Å²) < 4.78 is 1.53. The summed E-state index contributed by atoms with van der Waals surface area (Å²) in [5, 5.41) is 27.1. The Morgan fingerprint density at radius 1 is 1.07 bits per heavy atom. The predicted molar refractivity (Wildman–Crippen MR) is 104 cm³/mol. The molecule has 0 spiro atoms. The average molecular weight is 372 g/mol. The van der Waals surface area contributed by atoms with Crippen LogP contribution >= 0.6 is 0 Å². The number of carbonyl (C=O) groups is 1. The van der Waals surface area contributed by atoms with Crippen LogP contribution in [0.2, 0.25) is 0 Å². The zero-order chi connectivity index (χ0) is 19.5. The van der Waals surface area contributed by atoms with Gasteiger partial charge in [0.25, 0.3) is 5.91 Å². The Bertz CT molecular complexity index is 1180. The molecule has 0 aliphatic rings. The first-order valence-electron chi connectivity index (χ1n) is 8.52. The monoisotopic (exact) mass is 372 g/mol. The van der Waals surface area contributed by atoms with Crippen molar-refractivity contribution in [1.82, 2.24) is 25.6 Å². The number of phenols is 1. The number of aromatic hydroxyl groups is 1. The molecule has 3 aromatic carbocycles. The number of amides is 1. The van der Waals surface area contributed by atoms with Gasteiger partial charge in [0.1, 0.15) is 12.1 Å². The minimum Gasteiger partial charge on any atom is -0.507 e. The third-order valence-electron chi connectivity index (χ3n) is 4.31. The number of nitrogens with one attached hydrogen (secondary N) is 1. The summed E-state index contributed by atoms with van der Waals surface area (Å²) in [7, 11) is 0. The molecule has 0 radical (unpaired) electrons. The van der Waals surface area contributed by atoms with Crippen LogP contribution in [0.4, 0.5) is 0 Å². The zero-order valence-electron chi connectivity index (χ0n) is 14.9. The van der Waals surface area contributed by atoms with Gasteiger partial charge in [-0.1, -0.05) is 36.4 Å². The first-order valence-corrected chi connectivity index (χ1v) is 8.52. The van der Waals surface area contributed by atoms with E-state index in [0.717, 1.165) is 22.0 Å². The second kappa shape index (κ2) is 7.28. The highest BCUT2D eigenvalue weighted by atomic mass is 16.3. The molecule has 8 nitrogen and oxygen atoms in total. The molecule has 0 aliphatic heterocycles. The quantitative estimate of drug-likeness (QED) is 0.423. The molecule has 0 atom stereocenters. The highest BCUT2D eigenvalue weighted by Crippen LogP contribution is 2.24. The van der Waals surface area contributed by atoms with Crippen molar-refractivity contribution in [3.63, 3.8) is 0 Å². The van der Waals surface area contributed by atoms with Crippen LogP contribution < -0.4 is 5.43 Å². The van der Waals surface area contributed by atoms with Gasteiger partial charge >= 0.3 is 0 Å². The van der Waals surface area contributed by atoms with E-state index in [2.05, 4.69) is 26.1 Å². The van der Waals surface area contributed by atoms with E-state index >= 15 is 0 Å². The van der Waals surface area contributed by atoms with E-state index < -0.39 is 5.91 Å². The summed E-state index contributed by atoms with van der Waals surface area (Å²) in [4.78, 5) is 12.5. The van der Waals surface area contributed by atoms with Crippen LogP contribution in [-0.2, 0) is 0 Å². The second-order valence-corrected chi connectivity index (χ2v) is 6.16. The minimum atomic E-state index is -0.487. The van der Waals surface area contributed by atoms with Gasteiger partial charge in [-0.3, -0.25) is 4.79 Å². The maximum atomic E-state index is 12.5. The average Bonchev–Trinajstić information content (AvgIpc) is 3.26. The highest BCUT2D eigenvalue weighted by molar-refractivity contribution is 6.03. The molecular formula is C20H16N6O2. The first-order chi connectivity index (χ1) is 13.6. The number of phenolic OH excluding ortho intramolecular Hbond substituents is 1. The van der Waals surface area contributed by atoms with Crippen LogP contribution in [0.15, 0.2) is 72.1 Å². The Hall–Kier alpha value is -4.07. The summed E-state index contributed by atoms with van der Waals surface area (Å²) >= 11 is 0. The number of carbonyl (C=O) groups excluding carboxylic acids is 1. The molecule has 2 N–H and O–H groups in total. The highest BCUT2D eigenvalue weighted by Gasteiger charge is 2.12. The van der Waals surface area contributed by atoms with Gasteiger partial charge in [-0.2, -0.15) is 5.10 Å². The fraction of sp³-hybridized carbons (Fsp3) is 0.0500. The molecule has 0 fully saturated rings. The number of hydrazone groups is 1. The van der Waals surface area contributed by atoms with Gasteiger partial charge in [-0.15, -0.1) is 5.10 Å². The number of fused-ring (bicyclic) bond motifs is 1. The van der Waals surface area contributed by atoms with Crippen LogP contribution in [0.5, 0.6) is 5.75 Å². The molecule has 0 unspecified atom stereocenters. The fourth-order valence-corrected chi connectivity index (χ4v) is 2.82.